The Morgan fingerprint density at radius 3 is 0.843 bits per heavy atom. The molecule has 0 bridgehead atoms. The molecule has 0 radical (unpaired) electrons. The Kier molecular flexibility index (Phi) is 71.5. The molecular weight excluding hydrogens is 1090 g/mol. The fourth-order valence-corrected chi connectivity index (χ4v) is 10.1. The van der Waals surface area contributed by atoms with Crippen LogP contribution in [0.2, 0.25) is 0 Å². The molecule has 0 fully saturated rings. The molecule has 0 heterocycles. The van der Waals surface area contributed by atoms with E-state index in [0.29, 0.717) is 25.7 Å². The molecule has 0 saturated carbocycles. The van der Waals surface area contributed by atoms with Crippen LogP contribution in [0.1, 0.15) is 362 Å². The summed E-state index contributed by atoms with van der Waals surface area (Å²) in [6.07, 6.45) is 69.6. The van der Waals surface area contributed by atoms with Crippen molar-refractivity contribution >= 4 is 23.9 Å². The maximum atomic E-state index is 12.5. The molecule has 10 nitrogen and oxygen atoms in total. The van der Waals surface area contributed by atoms with Gasteiger partial charge in [0, 0.05) is 37.6 Å². The van der Waals surface area contributed by atoms with Gasteiger partial charge in [-0.3, -0.25) is 9.59 Å². The quantitative estimate of drug-likeness (QED) is 0.0258. The first-order valence-electron chi connectivity index (χ1n) is 34.7. The van der Waals surface area contributed by atoms with E-state index in [-0.39, 0.29) is 68.7 Å². The minimum absolute atomic E-state index is 0. The molecule has 11 heteroatoms. The third-order valence-electron chi connectivity index (χ3n) is 15.4. The fourth-order valence-electron chi connectivity index (χ4n) is 10.1. The molecule has 2 N–H and O–H groups in total. The summed E-state index contributed by atoms with van der Waals surface area (Å²) in [6, 6.07) is 0. The number of aliphatic hydroxyl groups excluding tert-OH is 2. The van der Waals surface area contributed by atoms with E-state index in [2.05, 4.69) is 76.3 Å². The standard InChI is InChI=1S/2C36H66O5.Zn/c2*1-3-5-7-21-27-33(37)28-22-17-13-9-12-16-20-26-32-36(40)41-34(29-23-8-6-4-2)30-24-18-14-10-11-15-19-25-31-35(38)39;/h2*17-18,22,24,33-34,37H,3-16,19-21,23,25-32H2,1-2H3,(H,38,39);/q;;+2/p-2/b2*22-17-,24-18-;/t2*33?,34-;/m11./s1. The zero-order valence-electron chi connectivity index (χ0n) is 54.6. The first kappa shape index (κ1) is 84.6. The summed E-state index contributed by atoms with van der Waals surface area (Å²) >= 11 is 0. The van der Waals surface area contributed by atoms with Gasteiger partial charge in [-0.1, -0.05) is 243 Å². The van der Waals surface area contributed by atoms with Gasteiger partial charge >= 0.3 is 31.4 Å². The zero-order valence-corrected chi connectivity index (χ0v) is 57.5. The second-order valence-electron chi connectivity index (χ2n) is 23.7. The van der Waals surface area contributed by atoms with E-state index >= 15 is 0 Å². The number of aliphatic carboxylic acids is 2. The van der Waals surface area contributed by atoms with E-state index < -0.39 is 11.9 Å². The minimum Gasteiger partial charge on any atom is -0.550 e. The van der Waals surface area contributed by atoms with Crippen LogP contribution < -0.4 is 10.2 Å². The average Bonchev–Trinajstić information content (AvgIpc) is 3.45. The van der Waals surface area contributed by atoms with Gasteiger partial charge in [0.1, 0.15) is 12.2 Å². The van der Waals surface area contributed by atoms with Gasteiger partial charge in [-0.05, 0) is 141 Å². The molecule has 0 aromatic rings. The van der Waals surface area contributed by atoms with Crippen molar-refractivity contribution < 1.29 is 68.6 Å². The van der Waals surface area contributed by atoms with Crippen molar-refractivity contribution in [2.75, 3.05) is 0 Å². The Bertz CT molecular complexity index is 1400. The van der Waals surface area contributed by atoms with Crippen LogP contribution in [0.15, 0.2) is 48.6 Å². The molecule has 4 atom stereocenters. The molecule has 83 heavy (non-hydrogen) atoms. The molecule has 480 valence electrons. The predicted molar refractivity (Wildman–Crippen MR) is 341 cm³/mol. The molecule has 0 aromatic carbocycles. The summed E-state index contributed by atoms with van der Waals surface area (Å²) in [5, 5.41) is 40.9. The third-order valence-corrected chi connectivity index (χ3v) is 15.4. The van der Waals surface area contributed by atoms with Crippen LogP contribution in [0.25, 0.3) is 0 Å². The van der Waals surface area contributed by atoms with Gasteiger partial charge in [-0.15, -0.1) is 0 Å². The normalized spacial score (nSPS) is 13.1. The van der Waals surface area contributed by atoms with Crippen molar-refractivity contribution in [2.24, 2.45) is 0 Å². The number of carbonyl (C=O) groups excluding carboxylic acids is 4. The van der Waals surface area contributed by atoms with Crippen molar-refractivity contribution in [1.29, 1.82) is 0 Å². The van der Waals surface area contributed by atoms with E-state index in [1.165, 1.54) is 103 Å². The second-order valence-corrected chi connectivity index (χ2v) is 23.7. The molecule has 0 spiro atoms. The molecule has 0 amide bonds. The van der Waals surface area contributed by atoms with Crippen LogP contribution in [0.3, 0.4) is 0 Å². The average molecular weight is 1220 g/mol. The third kappa shape index (κ3) is 71.8. The van der Waals surface area contributed by atoms with Crippen LogP contribution in [0.5, 0.6) is 0 Å². The van der Waals surface area contributed by atoms with Crippen molar-refractivity contribution in [1.82, 2.24) is 0 Å². The zero-order chi connectivity index (χ0) is 60.5. The molecular formula is C72H130O10Zn. The molecule has 0 aliphatic rings. The largest absolute Gasteiger partial charge is 2.00 e. The molecule has 0 aliphatic carbocycles. The van der Waals surface area contributed by atoms with Gasteiger partial charge in [-0.25, -0.2) is 0 Å². The van der Waals surface area contributed by atoms with Gasteiger partial charge < -0.3 is 39.5 Å². The topological polar surface area (TPSA) is 173 Å². The van der Waals surface area contributed by atoms with Crippen LogP contribution in [0, 0.1) is 0 Å². The Hall–Kier alpha value is -2.62. The molecule has 0 aromatic heterocycles. The summed E-state index contributed by atoms with van der Waals surface area (Å²) in [6.45, 7) is 8.84. The molecule has 0 saturated heterocycles. The fraction of sp³-hybridized carbons (Fsp3) is 0.833. The molecule has 2 unspecified atom stereocenters. The maximum absolute atomic E-state index is 12.5. The first-order chi connectivity index (χ1) is 40.0. The number of carboxylic acids is 2. The molecule has 0 aliphatic heterocycles. The summed E-state index contributed by atoms with van der Waals surface area (Å²) < 4.78 is 11.8. The Morgan fingerprint density at radius 2 is 0.554 bits per heavy atom. The number of unbranched alkanes of at least 4 members (excludes halogenated alkanes) is 32. The van der Waals surface area contributed by atoms with Crippen molar-refractivity contribution in [3.05, 3.63) is 48.6 Å². The number of carboxylic acid groups (broad SMARTS) is 2. The van der Waals surface area contributed by atoms with Gasteiger partial charge in [0.05, 0.1) is 12.2 Å². The van der Waals surface area contributed by atoms with Crippen molar-refractivity contribution in [3.63, 3.8) is 0 Å². The van der Waals surface area contributed by atoms with E-state index in [4.69, 9.17) is 9.47 Å². The predicted octanol–water partition coefficient (Wildman–Crippen LogP) is 18.6. The number of hydrogen-bond acceptors (Lipinski definition) is 10. The molecule has 0 rings (SSSR count). The van der Waals surface area contributed by atoms with E-state index in [0.717, 1.165) is 193 Å². The van der Waals surface area contributed by atoms with Crippen LogP contribution >= 0.6 is 0 Å². The Morgan fingerprint density at radius 1 is 0.313 bits per heavy atom. The number of carbonyl (C=O) groups is 4. The van der Waals surface area contributed by atoms with Gasteiger partial charge in [-0.2, -0.15) is 0 Å². The monoisotopic (exact) mass is 1220 g/mol. The van der Waals surface area contributed by atoms with E-state index in [1.54, 1.807) is 0 Å². The van der Waals surface area contributed by atoms with Crippen LogP contribution in [0.4, 0.5) is 0 Å². The van der Waals surface area contributed by atoms with Gasteiger partial charge in [0.25, 0.3) is 0 Å². The minimum atomic E-state index is -0.950. The summed E-state index contributed by atoms with van der Waals surface area (Å²) in [4.78, 5) is 45.9. The number of esters is 2. The van der Waals surface area contributed by atoms with Crippen molar-refractivity contribution in [2.45, 2.75) is 386 Å². The van der Waals surface area contributed by atoms with Crippen LogP contribution in [-0.2, 0) is 48.1 Å². The number of aliphatic hydroxyl groups is 2. The van der Waals surface area contributed by atoms with Gasteiger partial charge in [0.2, 0.25) is 0 Å². The van der Waals surface area contributed by atoms with Crippen molar-refractivity contribution in [3.8, 4) is 0 Å². The Balaban J connectivity index is -0.00000152. The second kappa shape index (κ2) is 70.1. The van der Waals surface area contributed by atoms with E-state index in [9.17, 15) is 39.6 Å². The van der Waals surface area contributed by atoms with Gasteiger partial charge in [0.15, 0.2) is 0 Å². The first-order valence-corrected chi connectivity index (χ1v) is 34.7. The number of allylic oxidation sites excluding steroid dienone is 4. The maximum Gasteiger partial charge on any atom is 2.00 e. The number of hydrogen-bond donors (Lipinski definition) is 2. The summed E-state index contributed by atoms with van der Waals surface area (Å²) in [5.74, 6) is -2.00. The SMILES string of the molecule is CCCCCCC(O)C/C=C\CCCCCCCC(=O)O[C@@H](C/C=C\CCCCCCCC(=O)[O-])CCCCCC.CCCCCCC(O)C/C=C\CCCCCCCC(=O)O[C@@H](C/C=C\CCCCCCCC(=O)[O-])CCCCCC.[Zn+2]. The summed E-state index contributed by atoms with van der Waals surface area (Å²) in [7, 11) is 0. The number of rotatable bonds is 62. The summed E-state index contributed by atoms with van der Waals surface area (Å²) in [5.41, 5.74) is 0. The van der Waals surface area contributed by atoms with Crippen LogP contribution in [-0.4, -0.2) is 58.5 Å². The number of ether oxygens (including phenoxy) is 2. The smallest absolute Gasteiger partial charge is 0.550 e. The Labute approximate surface area is 524 Å². The van der Waals surface area contributed by atoms with E-state index in [1.807, 2.05) is 0 Å².